The first-order valence-electron chi connectivity index (χ1n) is 6.66. The molecule has 0 aliphatic heterocycles. The Hall–Kier alpha value is -0.870. The summed E-state index contributed by atoms with van der Waals surface area (Å²) < 4.78 is 0.877. The van der Waals surface area contributed by atoms with Gasteiger partial charge in [0, 0.05) is 4.47 Å². The monoisotopic (exact) mass is 352 g/mol. The van der Waals surface area contributed by atoms with Crippen molar-refractivity contribution >= 4 is 27.5 Å². The third-order valence-electron chi connectivity index (χ3n) is 3.28. The summed E-state index contributed by atoms with van der Waals surface area (Å²) in [5.41, 5.74) is 6.28. The van der Waals surface area contributed by atoms with Gasteiger partial charge >= 0.3 is 0 Å². The Balaban J connectivity index is 2.41. The van der Waals surface area contributed by atoms with Crippen molar-refractivity contribution in [2.45, 2.75) is 25.8 Å². The van der Waals surface area contributed by atoms with E-state index < -0.39 is 0 Å². The van der Waals surface area contributed by atoms with E-state index in [1.165, 1.54) is 5.56 Å². The molecule has 4 heteroatoms. The van der Waals surface area contributed by atoms with Gasteiger partial charge in [-0.3, -0.25) is 5.84 Å². The lowest BCUT2D eigenvalue weighted by atomic mass is 9.96. The summed E-state index contributed by atoms with van der Waals surface area (Å²) in [5, 5.41) is 0.691. The number of hydrogen-bond acceptors (Lipinski definition) is 2. The topological polar surface area (TPSA) is 38.0 Å². The molecule has 2 nitrogen and oxygen atoms in total. The number of hydrazine groups is 1. The number of nitrogens with two attached hydrogens (primary N) is 1. The number of benzene rings is 2. The molecule has 2 aromatic carbocycles. The Kier molecular flexibility index (Phi) is 5.61. The summed E-state index contributed by atoms with van der Waals surface area (Å²) in [6, 6.07) is 14.2. The summed E-state index contributed by atoms with van der Waals surface area (Å²) in [4.78, 5) is 0. The van der Waals surface area contributed by atoms with Gasteiger partial charge in [-0.2, -0.15) is 0 Å². The quantitative estimate of drug-likeness (QED) is 0.608. The molecular formula is C16H18BrClN2. The van der Waals surface area contributed by atoms with E-state index in [9.17, 15) is 0 Å². The molecule has 0 saturated heterocycles. The second-order valence-electron chi connectivity index (χ2n) is 4.74. The van der Waals surface area contributed by atoms with Crippen LogP contribution in [0.25, 0.3) is 0 Å². The van der Waals surface area contributed by atoms with Crippen molar-refractivity contribution in [1.82, 2.24) is 5.43 Å². The first-order valence-corrected chi connectivity index (χ1v) is 7.83. The van der Waals surface area contributed by atoms with Gasteiger partial charge in [-0.1, -0.05) is 61.3 Å². The lowest BCUT2D eigenvalue weighted by Gasteiger charge is -2.19. The molecule has 0 heterocycles. The summed E-state index contributed by atoms with van der Waals surface area (Å²) in [6.45, 7) is 2.18. The molecule has 0 spiro atoms. The van der Waals surface area contributed by atoms with E-state index in [1.54, 1.807) is 0 Å². The largest absolute Gasteiger partial charge is 0.271 e. The maximum atomic E-state index is 6.38. The molecule has 0 fully saturated rings. The normalized spacial score (nSPS) is 12.4. The fraction of sp³-hybridized carbons (Fsp3) is 0.250. The minimum atomic E-state index is -0.114. The molecule has 0 bridgehead atoms. The van der Waals surface area contributed by atoms with Gasteiger partial charge in [0.1, 0.15) is 0 Å². The van der Waals surface area contributed by atoms with Gasteiger partial charge in [0.15, 0.2) is 0 Å². The predicted octanol–water partition coefficient (Wildman–Crippen LogP) is 4.61. The Labute approximate surface area is 133 Å². The van der Waals surface area contributed by atoms with Crippen LogP contribution in [0, 0.1) is 0 Å². The molecule has 106 valence electrons. The predicted molar refractivity (Wildman–Crippen MR) is 88.8 cm³/mol. The molecule has 3 N–H and O–H groups in total. The SMILES string of the molecule is CCCc1cccc(C(NN)c2cccc(Br)c2Cl)c1. The maximum Gasteiger partial charge on any atom is 0.0725 e. The van der Waals surface area contributed by atoms with E-state index in [2.05, 4.69) is 52.5 Å². The molecule has 0 aromatic heterocycles. The highest BCUT2D eigenvalue weighted by Crippen LogP contribution is 2.33. The van der Waals surface area contributed by atoms with Crippen molar-refractivity contribution in [2.24, 2.45) is 5.84 Å². The Bertz CT molecular complexity index is 586. The van der Waals surface area contributed by atoms with Crippen molar-refractivity contribution in [3.05, 3.63) is 68.7 Å². The molecule has 0 saturated carbocycles. The third kappa shape index (κ3) is 3.41. The number of hydrogen-bond donors (Lipinski definition) is 2. The van der Waals surface area contributed by atoms with Crippen LogP contribution < -0.4 is 11.3 Å². The average molecular weight is 354 g/mol. The Morgan fingerprint density at radius 1 is 1.25 bits per heavy atom. The molecule has 0 aliphatic carbocycles. The minimum Gasteiger partial charge on any atom is -0.271 e. The smallest absolute Gasteiger partial charge is 0.0725 e. The number of aryl methyl sites for hydroxylation is 1. The van der Waals surface area contributed by atoms with Crippen LogP contribution in [0.4, 0.5) is 0 Å². The molecule has 1 atom stereocenters. The Morgan fingerprint density at radius 2 is 2.00 bits per heavy atom. The van der Waals surface area contributed by atoms with Crippen molar-refractivity contribution in [2.75, 3.05) is 0 Å². The lowest BCUT2D eigenvalue weighted by molar-refractivity contribution is 0.636. The summed E-state index contributed by atoms with van der Waals surface area (Å²) in [5.74, 6) is 5.76. The zero-order valence-corrected chi connectivity index (χ0v) is 13.7. The van der Waals surface area contributed by atoms with Crippen LogP contribution in [0.2, 0.25) is 5.02 Å². The number of halogens is 2. The van der Waals surface area contributed by atoms with E-state index in [-0.39, 0.29) is 6.04 Å². The molecule has 0 radical (unpaired) electrons. The second-order valence-corrected chi connectivity index (χ2v) is 5.97. The maximum absolute atomic E-state index is 6.38. The van der Waals surface area contributed by atoms with Crippen molar-refractivity contribution in [3.8, 4) is 0 Å². The van der Waals surface area contributed by atoms with E-state index in [0.29, 0.717) is 5.02 Å². The lowest BCUT2D eigenvalue weighted by Crippen LogP contribution is -2.29. The summed E-state index contributed by atoms with van der Waals surface area (Å²) >= 11 is 9.83. The van der Waals surface area contributed by atoms with Gasteiger partial charge < -0.3 is 0 Å². The summed E-state index contributed by atoms with van der Waals surface area (Å²) in [7, 11) is 0. The van der Waals surface area contributed by atoms with E-state index >= 15 is 0 Å². The standard InChI is InChI=1S/C16H18BrClN2/c1-2-5-11-6-3-7-12(10-11)16(20-19)13-8-4-9-14(17)15(13)18/h3-4,6-10,16,20H,2,5,19H2,1H3. The molecular weight excluding hydrogens is 336 g/mol. The van der Waals surface area contributed by atoms with Gasteiger partial charge in [0.2, 0.25) is 0 Å². The van der Waals surface area contributed by atoms with Crippen molar-refractivity contribution in [1.29, 1.82) is 0 Å². The highest BCUT2D eigenvalue weighted by atomic mass is 79.9. The zero-order valence-electron chi connectivity index (χ0n) is 11.4. The minimum absolute atomic E-state index is 0.114. The zero-order chi connectivity index (χ0) is 14.5. The molecule has 1 unspecified atom stereocenters. The molecule has 2 aromatic rings. The van der Waals surface area contributed by atoms with Crippen molar-refractivity contribution in [3.63, 3.8) is 0 Å². The average Bonchev–Trinajstić information content (AvgIpc) is 2.45. The first kappa shape index (κ1) is 15.5. The molecule has 0 amide bonds. The fourth-order valence-corrected chi connectivity index (χ4v) is 2.94. The van der Waals surface area contributed by atoms with Crippen LogP contribution in [0.3, 0.4) is 0 Å². The van der Waals surface area contributed by atoms with Crippen LogP contribution >= 0.6 is 27.5 Å². The van der Waals surface area contributed by atoms with Gasteiger partial charge in [-0.05, 0) is 45.1 Å². The first-order chi connectivity index (χ1) is 9.67. The van der Waals surface area contributed by atoms with E-state index in [0.717, 1.165) is 28.4 Å². The van der Waals surface area contributed by atoms with Crippen LogP contribution in [-0.4, -0.2) is 0 Å². The van der Waals surface area contributed by atoms with Crippen LogP contribution in [0.1, 0.15) is 36.1 Å². The molecule has 20 heavy (non-hydrogen) atoms. The fourth-order valence-electron chi connectivity index (χ4n) is 2.33. The van der Waals surface area contributed by atoms with Crippen LogP contribution in [0.15, 0.2) is 46.9 Å². The van der Waals surface area contributed by atoms with Gasteiger partial charge in [0.25, 0.3) is 0 Å². The van der Waals surface area contributed by atoms with Crippen LogP contribution in [-0.2, 0) is 6.42 Å². The van der Waals surface area contributed by atoms with E-state index in [4.69, 9.17) is 17.4 Å². The van der Waals surface area contributed by atoms with Crippen molar-refractivity contribution < 1.29 is 0 Å². The summed E-state index contributed by atoms with van der Waals surface area (Å²) in [6.07, 6.45) is 2.19. The molecule has 0 aliphatic rings. The molecule has 2 rings (SSSR count). The Morgan fingerprint density at radius 3 is 2.70 bits per heavy atom. The van der Waals surface area contributed by atoms with Gasteiger partial charge in [0.05, 0.1) is 11.1 Å². The van der Waals surface area contributed by atoms with Gasteiger partial charge in [-0.25, -0.2) is 5.43 Å². The third-order valence-corrected chi connectivity index (χ3v) is 4.59. The van der Waals surface area contributed by atoms with Gasteiger partial charge in [-0.15, -0.1) is 0 Å². The second kappa shape index (κ2) is 7.23. The highest BCUT2D eigenvalue weighted by molar-refractivity contribution is 9.10. The number of nitrogens with one attached hydrogen (secondary N) is 1. The number of rotatable bonds is 5. The van der Waals surface area contributed by atoms with E-state index in [1.807, 2.05) is 18.2 Å². The van der Waals surface area contributed by atoms with Crippen LogP contribution in [0.5, 0.6) is 0 Å². The highest BCUT2D eigenvalue weighted by Gasteiger charge is 2.17.